The van der Waals surface area contributed by atoms with E-state index in [4.69, 9.17) is 11.6 Å². The van der Waals surface area contributed by atoms with E-state index < -0.39 is 4.92 Å². The Morgan fingerprint density at radius 2 is 2.00 bits per heavy atom. The Kier molecular flexibility index (Phi) is 4.32. The Balaban J connectivity index is 2.24. The maximum atomic E-state index is 13.5. The molecule has 0 unspecified atom stereocenters. The first-order chi connectivity index (χ1) is 9.88. The van der Waals surface area contributed by atoms with Gasteiger partial charge in [0.1, 0.15) is 12.0 Å². The van der Waals surface area contributed by atoms with Crippen LogP contribution in [0.25, 0.3) is 0 Å². The minimum Gasteiger partial charge on any atom is -0.360 e. The van der Waals surface area contributed by atoms with Crippen molar-refractivity contribution in [2.45, 2.75) is 20.4 Å². The molecule has 0 amide bonds. The highest BCUT2D eigenvalue weighted by molar-refractivity contribution is 6.28. The van der Waals surface area contributed by atoms with Gasteiger partial charge in [-0.05, 0) is 42.1 Å². The van der Waals surface area contributed by atoms with Crippen LogP contribution in [0.15, 0.2) is 18.3 Å². The molecule has 0 saturated heterocycles. The normalized spacial score (nSPS) is 10.5. The van der Waals surface area contributed by atoms with Crippen molar-refractivity contribution in [2.24, 2.45) is 0 Å². The predicted molar refractivity (Wildman–Crippen MR) is 76.9 cm³/mol. The molecule has 0 atom stereocenters. The second-order valence-electron chi connectivity index (χ2n) is 4.53. The molecule has 2 rings (SSSR count). The number of aromatic nitrogens is 2. The monoisotopic (exact) mass is 310 g/mol. The number of nitrogens with one attached hydrogen (secondary N) is 1. The lowest BCUT2D eigenvalue weighted by atomic mass is 10.1. The summed E-state index contributed by atoms with van der Waals surface area (Å²) in [6, 6.07) is 3.34. The molecule has 8 heteroatoms. The standard InChI is InChI=1S/C13H12ClFN4O2/c1-7-3-9(4-8(2)11(7)15)5-16-12-10(19(20)21)6-17-13(14)18-12/h3-4,6H,5H2,1-2H3,(H,16,17,18). The summed E-state index contributed by atoms with van der Waals surface area (Å²) in [5.41, 5.74) is 1.55. The second-order valence-corrected chi connectivity index (χ2v) is 4.87. The van der Waals surface area contributed by atoms with Crippen molar-refractivity contribution >= 4 is 23.1 Å². The number of halogens is 2. The third-order valence-corrected chi connectivity index (χ3v) is 3.08. The van der Waals surface area contributed by atoms with E-state index in [2.05, 4.69) is 15.3 Å². The number of aryl methyl sites for hydroxylation is 2. The quantitative estimate of drug-likeness (QED) is 0.531. The summed E-state index contributed by atoms with van der Waals surface area (Å²) in [5, 5.41) is 13.6. The SMILES string of the molecule is Cc1cc(CNc2nc(Cl)ncc2[N+](=O)[O-])cc(C)c1F. The number of nitrogens with zero attached hydrogens (tertiary/aromatic N) is 3. The predicted octanol–water partition coefficient (Wildman–Crippen LogP) is 3.41. The molecule has 1 N–H and O–H groups in total. The summed E-state index contributed by atoms with van der Waals surface area (Å²) in [5.74, 6) is -0.227. The molecular weight excluding hydrogens is 299 g/mol. The van der Waals surface area contributed by atoms with E-state index in [9.17, 15) is 14.5 Å². The summed E-state index contributed by atoms with van der Waals surface area (Å²) in [6.45, 7) is 3.59. The third kappa shape index (κ3) is 3.43. The van der Waals surface area contributed by atoms with Gasteiger partial charge in [-0.1, -0.05) is 12.1 Å². The summed E-state index contributed by atoms with van der Waals surface area (Å²) in [4.78, 5) is 17.7. The highest BCUT2D eigenvalue weighted by atomic mass is 35.5. The van der Waals surface area contributed by atoms with Crippen molar-refractivity contribution in [1.29, 1.82) is 0 Å². The first-order valence-electron chi connectivity index (χ1n) is 6.05. The molecule has 0 aliphatic carbocycles. The zero-order valence-electron chi connectivity index (χ0n) is 11.4. The first-order valence-corrected chi connectivity index (χ1v) is 6.42. The molecule has 1 heterocycles. The molecule has 0 bridgehead atoms. The van der Waals surface area contributed by atoms with Crippen LogP contribution in [0, 0.1) is 29.8 Å². The molecule has 0 aliphatic heterocycles. The van der Waals surface area contributed by atoms with Crippen molar-refractivity contribution in [1.82, 2.24) is 9.97 Å². The molecule has 0 saturated carbocycles. The zero-order valence-corrected chi connectivity index (χ0v) is 12.1. The van der Waals surface area contributed by atoms with E-state index in [1.807, 2.05) is 0 Å². The average Bonchev–Trinajstić information content (AvgIpc) is 2.42. The van der Waals surface area contributed by atoms with Gasteiger partial charge in [-0.3, -0.25) is 10.1 Å². The van der Waals surface area contributed by atoms with Gasteiger partial charge < -0.3 is 5.32 Å². The third-order valence-electron chi connectivity index (χ3n) is 2.89. The van der Waals surface area contributed by atoms with Crippen LogP contribution in [-0.2, 0) is 6.54 Å². The van der Waals surface area contributed by atoms with E-state index in [0.29, 0.717) is 11.1 Å². The summed E-state index contributed by atoms with van der Waals surface area (Å²) >= 11 is 5.64. The fraction of sp³-hybridized carbons (Fsp3) is 0.231. The van der Waals surface area contributed by atoms with Gasteiger partial charge in [-0.2, -0.15) is 4.98 Å². The summed E-state index contributed by atoms with van der Waals surface area (Å²) < 4.78 is 13.5. The number of nitro groups is 1. The van der Waals surface area contributed by atoms with Gasteiger partial charge in [-0.15, -0.1) is 0 Å². The van der Waals surface area contributed by atoms with Crippen LogP contribution in [0.2, 0.25) is 5.28 Å². The van der Waals surface area contributed by atoms with Crippen LogP contribution < -0.4 is 5.32 Å². The molecule has 0 aliphatic rings. The molecule has 1 aromatic carbocycles. The van der Waals surface area contributed by atoms with Crippen molar-refractivity contribution in [3.8, 4) is 0 Å². The van der Waals surface area contributed by atoms with Crippen molar-refractivity contribution in [2.75, 3.05) is 5.32 Å². The number of hydrogen-bond donors (Lipinski definition) is 1. The van der Waals surface area contributed by atoms with E-state index in [-0.39, 0.29) is 29.2 Å². The van der Waals surface area contributed by atoms with E-state index in [0.717, 1.165) is 11.8 Å². The van der Waals surface area contributed by atoms with Crippen LogP contribution in [0.5, 0.6) is 0 Å². The lowest BCUT2D eigenvalue weighted by molar-refractivity contribution is -0.384. The molecule has 0 spiro atoms. The summed E-state index contributed by atoms with van der Waals surface area (Å²) in [7, 11) is 0. The van der Waals surface area contributed by atoms with Crippen LogP contribution in [0.3, 0.4) is 0 Å². The number of hydrogen-bond acceptors (Lipinski definition) is 5. The molecule has 21 heavy (non-hydrogen) atoms. The minimum atomic E-state index is -0.597. The van der Waals surface area contributed by atoms with Gasteiger partial charge in [0.2, 0.25) is 11.1 Å². The van der Waals surface area contributed by atoms with Gasteiger partial charge in [0.05, 0.1) is 4.92 Å². The van der Waals surface area contributed by atoms with Gasteiger partial charge >= 0.3 is 5.69 Å². The summed E-state index contributed by atoms with van der Waals surface area (Å²) in [6.07, 6.45) is 1.04. The average molecular weight is 311 g/mol. The van der Waals surface area contributed by atoms with Gasteiger partial charge in [0, 0.05) is 6.54 Å². The molecule has 0 radical (unpaired) electrons. The van der Waals surface area contributed by atoms with Gasteiger partial charge in [0.25, 0.3) is 0 Å². The Morgan fingerprint density at radius 1 is 1.38 bits per heavy atom. The fourth-order valence-corrected chi connectivity index (χ4v) is 2.07. The Morgan fingerprint density at radius 3 is 2.57 bits per heavy atom. The maximum absolute atomic E-state index is 13.5. The van der Waals surface area contributed by atoms with Crippen molar-refractivity contribution in [3.05, 3.63) is 56.2 Å². The molecule has 110 valence electrons. The fourth-order valence-electron chi connectivity index (χ4n) is 1.94. The minimum absolute atomic E-state index is 0.0274. The highest BCUT2D eigenvalue weighted by Crippen LogP contribution is 2.23. The number of anilines is 1. The lowest BCUT2D eigenvalue weighted by Gasteiger charge is -2.09. The first kappa shape index (κ1) is 15.1. The second kappa shape index (κ2) is 6.01. The van der Waals surface area contributed by atoms with Crippen molar-refractivity contribution < 1.29 is 9.31 Å². The molecular formula is C13H12ClFN4O2. The Hall–Kier alpha value is -2.28. The van der Waals surface area contributed by atoms with Crippen LogP contribution >= 0.6 is 11.6 Å². The lowest BCUT2D eigenvalue weighted by Crippen LogP contribution is -2.06. The molecule has 2 aromatic rings. The van der Waals surface area contributed by atoms with Crippen LogP contribution in [-0.4, -0.2) is 14.9 Å². The van der Waals surface area contributed by atoms with Crippen molar-refractivity contribution in [3.63, 3.8) is 0 Å². The zero-order chi connectivity index (χ0) is 15.6. The highest BCUT2D eigenvalue weighted by Gasteiger charge is 2.16. The van der Waals surface area contributed by atoms with E-state index >= 15 is 0 Å². The number of benzene rings is 1. The Bertz CT molecular complexity index is 686. The number of rotatable bonds is 4. The van der Waals surface area contributed by atoms with Gasteiger partial charge in [-0.25, -0.2) is 9.37 Å². The Labute approximate surface area is 125 Å². The van der Waals surface area contributed by atoms with Crippen LogP contribution in [0.1, 0.15) is 16.7 Å². The molecule has 6 nitrogen and oxygen atoms in total. The smallest absolute Gasteiger partial charge is 0.329 e. The van der Waals surface area contributed by atoms with Gasteiger partial charge in [0.15, 0.2) is 0 Å². The van der Waals surface area contributed by atoms with E-state index in [1.54, 1.807) is 26.0 Å². The maximum Gasteiger partial charge on any atom is 0.329 e. The molecule has 0 fully saturated rings. The molecule has 1 aromatic heterocycles. The van der Waals surface area contributed by atoms with Crippen LogP contribution in [0.4, 0.5) is 15.9 Å². The van der Waals surface area contributed by atoms with E-state index in [1.165, 1.54) is 0 Å². The largest absolute Gasteiger partial charge is 0.360 e. The topological polar surface area (TPSA) is 81.0 Å².